The molecule has 0 bridgehead atoms. The highest BCUT2D eigenvalue weighted by Gasteiger charge is 2.32. The third kappa shape index (κ3) is 5.23. The van der Waals surface area contributed by atoms with E-state index in [0.717, 1.165) is 73.9 Å². The molecule has 2 N–H and O–H groups in total. The molecule has 9 nitrogen and oxygen atoms in total. The van der Waals surface area contributed by atoms with Gasteiger partial charge in [-0.3, -0.25) is 14.5 Å². The Balaban J connectivity index is 1.18. The van der Waals surface area contributed by atoms with E-state index in [9.17, 15) is 18.0 Å². The Morgan fingerprint density at radius 3 is 2.57 bits per heavy atom. The molecule has 0 saturated carbocycles. The maximum atomic E-state index is 12.5. The summed E-state index contributed by atoms with van der Waals surface area (Å²) < 4.78 is 24.4. The Kier molecular flexibility index (Phi) is 6.33. The summed E-state index contributed by atoms with van der Waals surface area (Å²) >= 11 is 0. The van der Waals surface area contributed by atoms with Gasteiger partial charge in [0.05, 0.1) is 18.1 Å². The van der Waals surface area contributed by atoms with Gasteiger partial charge in [-0.05, 0) is 55.5 Å². The van der Waals surface area contributed by atoms with Crippen LogP contribution in [0.1, 0.15) is 41.4 Å². The van der Waals surface area contributed by atoms with Crippen LogP contribution in [0.5, 0.6) is 0 Å². The molecule has 1 atom stereocenters. The van der Waals surface area contributed by atoms with Gasteiger partial charge in [0.2, 0.25) is 10.0 Å². The number of rotatable bonds is 5. The van der Waals surface area contributed by atoms with Crippen LogP contribution in [0.4, 0.5) is 5.69 Å². The van der Waals surface area contributed by atoms with Crippen LogP contribution >= 0.6 is 0 Å². The quantitative estimate of drug-likeness (QED) is 0.557. The first kappa shape index (κ1) is 23.5. The van der Waals surface area contributed by atoms with Crippen LogP contribution in [0.15, 0.2) is 53.5 Å². The van der Waals surface area contributed by atoms with Gasteiger partial charge in [-0.1, -0.05) is 18.2 Å². The van der Waals surface area contributed by atoms with Gasteiger partial charge >= 0.3 is 0 Å². The van der Waals surface area contributed by atoms with Gasteiger partial charge in [0, 0.05) is 42.7 Å². The Morgan fingerprint density at radius 1 is 1.09 bits per heavy atom. The van der Waals surface area contributed by atoms with E-state index in [0.29, 0.717) is 12.0 Å². The maximum absolute atomic E-state index is 12.5. The molecular weight excluding hydrogens is 466 g/mol. The number of sulfonamides is 1. The molecule has 5 rings (SSSR count). The maximum Gasteiger partial charge on any atom is 0.283 e. The van der Waals surface area contributed by atoms with Gasteiger partial charge in [0.25, 0.3) is 11.5 Å². The minimum atomic E-state index is -3.62. The number of fused-ring (bicyclic) bond motifs is 1. The summed E-state index contributed by atoms with van der Waals surface area (Å²) in [6, 6.07) is 13.7. The molecular formula is C25H29N5O4S. The molecule has 3 aromatic rings. The van der Waals surface area contributed by atoms with Crippen molar-refractivity contribution in [3.05, 3.63) is 70.4 Å². The zero-order chi connectivity index (χ0) is 24.6. The minimum absolute atomic E-state index is 0.0155. The monoisotopic (exact) mass is 495 g/mol. The Hall–Kier alpha value is -3.24. The number of carbonyl (C=O) groups is 1. The SMILES string of the molecule is CS(=O)(=O)NC(=O)c1ccc(N2CCC(N3CCC(c4cc5ccccc5c(=O)[nH]4)C3)CC2)cn1. The average molecular weight is 496 g/mol. The summed E-state index contributed by atoms with van der Waals surface area (Å²) in [6.07, 6.45) is 5.65. The summed E-state index contributed by atoms with van der Waals surface area (Å²) in [5.41, 5.74) is 2.01. The number of amides is 1. The van der Waals surface area contributed by atoms with Crippen LogP contribution < -0.4 is 15.2 Å². The van der Waals surface area contributed by atoms with Crippen molar-refractivity contribution in [1.82, 2.24) is 19.6 Å². The van der Waals surface area contributed by atoms with Crippen LogP contribution in [-0.2, 0) is 10.0 Å². The first-order valence-corrected chi connectivity index (χ1v) is 13.7. The van der Waals surface area contributed by atoms with E-state index in [1.807, 2.05) is 35.1 Å². The number of H-pyrrole nitrogens is 1. The fraction of sp³-hybridized carbons (Fsp3) is 0.400. The molecule has 0 aliphatic carbocycles. The van der Waals surface area contributed by atoms with Crippen molar-refractivity contribution >= 4 is 32.4 Å². The van der Waals surface area contributed by atoms with Crippen molar-refractivity contribution in [1.29, 1.82) is 0 Å². The Bertz CT molecular complexity index is 1400. The average Bonchev–Trinajstić information content (AvgIpc) is 3.34. The Labute approximate surface area is 204 Å². The number of nitrogens with one attached hydrogen (secondary N) is 2. The molecule has 2 saturated heterocycles. The highest BCUT2D eigenvalue weighted by Crippen LogP contribution is 2.31. The van der Waals surface area contributed by atoms with Crippen LogP contribution in [0.25, 0.3) is 10.8 Å². The topological polar surface area (TPSA) is 115 Å². The van der Waals surface area contributed by atoms with Crippen molar-refractivity contribution in [2.75, 3.05) is 37.3 Å². The molecule has 0 spiro atoms. The second-order valence-electron chi connectivity index (χ2n) is 9.44. The molecule has 0 radical (unpaired) electrons. The summed E-state index contributed by atoms with van der Waals surface area (Å²) in [4.78, 5) is 36.5. The van der Waals surface area contributed by atoms with Gasteiger partial charge in [-0.15, -0.1) is 0 Å². The van der Waals surface area contributed by atoms with E-state index < -0.39 is 15.9 Å². The third-order valence-electron chi connectivity index (χ3n) is 7.04. The number of aromatic nitrogens is 2. The summed E-state index contributed by atoms with van der Waals surface area (Å²) in [5, 5.41) is 1.73. The van der Waals surface area contributed by atoms with Crippen molar-refractivity contribution in [3.63, 3.8) is 0 Å². The molecule has 4 heterocycles. The van der Waals surface area contributed by atoms with Gasteiger partial charge in [0.1, 0.15) is 5.69 Å². The van der Waals surface area contributed by atoms with E-state index in [4.69, 9.17) is 0 Å². The lowest BCUT2D eigenvalue weighted by atomic mass is 10.0. The smallest absolute Gasteiger partial charge is 0.283 e. The van der Waals surface area contributed by atoms with Gasteiger partial charge in [-0.2, -0.15) is 0 Å². The lowest BCUT2D eigenvalue weighted by Crippen LogP contribution is -2.44. The number of nitrogens with zero attached hydrogens (tertiary/aromatic N) is 3. The lowest BCUT2D eigenvalue weighted by molar-refractivity contribution is 0.0977. The second-order valence-corrected chi connectivity index (χ2v) is 11.2. The predicted molar refractivity (Wildman–Crippen MR) is 135 cm³/mol. The van der Waals surface area contributed by atoms with Crippen LogP contribution in [0, 0.1) is 0 Å². The van der Waals surface area contributed by atoms with Crippen LogP contribution in [-0.4, -0.2) is 67.7 Å². The van der Waals surface area contributed by atoms with Gasteiger partial charge in [0.15, 0.2) is 0 Å². The molecule has 2 fully saturated rings. The predicted octanol–water partition coefficient (Wildman–Crippen LogP) is 2.07. The van der Waals surface area contributed by atoms with Crippen LogP contribution in [0.2, 0.25) is 0 Å². The summed E-state index contributed by atoms with van der Waals surface area (Å²) in [6.45, 7) is 3.74. The fourth-order valence-electron chi connectivity index (χ4n) is 5.24. The van der Waals surface area contributed by atoms with E-state index in [1.54, 1.807) is 12.3 Å². The summed E-state index contributed by atoms with van der Waals surface area (Å²) in [7, 11) is -3.62. The van der Waals surface area contributed by atoms with Gasteiger partial charge < -0.3 is 9.88 Å². The molecule has 1 amide bonds. The minimum Gasteiger partial charge on any atom is -0.370 e. The molecule has 2 aliphatic heterocycles. The fourth-order valence-corrected chi connectivity index (χ4v) is 5.68. The van der Waals surface area contributed by atoms with E-state index in [1.165, 1.54) is 0 Å². The molecule has 1 unspecified atom stereocenters. The Morgan fingerprint density at radius 2 is 1.86 bits per heavy atom. The second kappa shape index (κ2) is 9.43. The number of hydrogen-bond acceptors (Lipinski definition) is 7. The normalized spacial score (nSPS) is 19.8. The first-order chi connectivity index (χ1) is 16.8. The number of benzene rings is 1. The largest absolute Gasteiger partial charge is 0.370 e. The molecule has 184 valence electrons. The number of pyridine rings is 2. The van der Waals surface area contributed by atoms with Gasteiger partial charge in [-0.25, -0.2) is 18.1 Å². The first-order valence-electron chi connectivity index (χ1n) is 11.9. The number of carbonyl (C=O) groups excluding carboxylic acids is 1. The standard InChI is InChI=1S/C25H29N5O4S/c1-35(33,34)28-25(32)22-7-6-20(15-26-22)29-12-9-19(10-13-29)30-11-8-18(16-30)23-14-17-4-2-3-5-21(17)24(31)27-23/h2-7,14-15,18-19H,8-13,16H2,1H3,(H,27,31)(H,28,32). The highest BCUT2D eigenvalue weighted by molar-refractivity contribution is 7.89. The van der Waals surface area contributed by atoms with Crippen molar-refractivity contribution in [3.8, 4) is 0 Å². The van der Waals surface area contributed by atoms with Crippen LogP contribution in [0.3, 0.4) is 0 Å². The zero-order valence-electron chi connectivity index (χ0n) is 19.6. The zero-order valence-corrected chi connectivity index (χ0v) is 20.4. The molecule has 2 aromatic heterocycles. The number of anilines is 1. The molecule has 2 aliphatic rings. The summed E-state index contributed by atoms with van der Waals surface area (Å²) in [5.74, 6) is -0.394. The van der Waals surface area contributed by atoms with E-state index >= 15 is 0 Å². The number of piperidine rings is 1. The van der Waals surface area contributed by atoms with Crippen molar-refractivity contribution in [2.24, 2.45) is 0 Å². The van der Waals surface area contributed by atoms with E-state index in [2.05, 4.69) is 25.8 Å². The number of hydrogen-bond donors (Lipinski definition) is 2. The highest BCUT2D eigenvalue weighted by atomic mass is 32.2. The molecule has 1 aromatic carbocycles. The van der Waals surface area contributed by atoms with Crippen molar-refractivity contribution in [2.45, 2.75) is 31.2 Å². The number of likely N-dealkylation sites (tertiary alicyclic amines) is 1. The molecule has 35 heavy (non-hydrogen) atoms. The third-order valence-corrected chi connectivity index (χ3v) is 7.59. The lowest BCUT2D eigenvalue weighted by Gasteiger charge is -2.37. The number of aromatic amines is 1. The van der Waals surface area contributed by atoms with Crippen molar-refractivity contribution < 1.29 is 13.2 Å². The van der Waals surface area contributed by atoms with E-state index in [-0.39, 0.29) is 11.3 Å². The molecule has 10 heteroatoms.